The van der Waals surface area contributed by atoms with E-state index < -0.39 is 0 Å². The Hall–Kier alpha value is -1.10. The van der Waals surface area contributed by atoms with E-state index in [4.69, 9.17) is 5.73 Å². The Kier molecular flexibility index (Phi) is 6.72. The molecule has 0 aromatic heterocycles. The molecule has 1 fully saturated rings. The van der Waals surface area contributed by atoms with E-state index in [0.717, 1.165) is 19.3 Å². The number of amides is 2. The first-order chi connectivity index (χ1) is 8.61. The average molecular weight is 255 g/mol. The van der Waals surface area contributed by atoms with E-state index in [9.17, 15) is 9.59 Å². The van der Waals surface area contributed by atoms with Crippen molar-refractivity contribution < 1.29 is 9.59 Å². The number of likely N-dealkylation sites (N-methyl/N-ethyl adjacent to an activating group) is 1. The van der Waals surface area contributed by atoms with Crippen LogP contribution in [0.3, 0.4) is 0 Å². The molecule has 1 aliphatic rings. The molecule has 4 N–H and O–H groups in total. The smallest absolute Gasteiger partial charge is 0.239 e. The summed E-state index contributed by atoms with van der Waals surface area (Å²) in [6.07, 6.45) is 5.87. The molecule has 2 amide bonds. The van der Waals surface area contributed by atoms with Crippen LogP contribution in [0.2, 0.25) is 0 Å². The molecule has 1 rings (SSSR count). The number of hydrogen-bond donors (Lipinski definition) is 3. The fraction of sp³-hybridized carbons (Fsp3) is 0.846. The summed E-state index contributed by atoms with van der Waals surface area (Å²) in [6.45, 7) is 2.53. The molecule has 0 radical (unpaired) electrons. The summed E-state index contributed by atoms with van der Waals surface area (Å²) in [5.74, 6) is 0.398. The van der Waals surface area contributed by atoms with Gasteiger partial charge in [0, 0.05) is 19.0 Å². The van der Waals surface area contributed by atoms with Crippen molar-refractivity contribution in [3.8, 4) is 0 Å². The van der Waals surface area contributed by atoms with Crippen LogP contribution < -0.4 is 16.4 Å². The first-order valence-corrected chi connectivity index (χ1v) is 6.90. The Morgan fingerprint density at radius 1 is 1.22 bits per heavy atom. The van der Waals surface area contributed by atoms with Gasteiger partial charge in [-0.05, 0) is 32.1 Å². The average Bonchev–Trinajstić information content (AvgIpc) is 2.34. The predicted molar refractivity (Wildman–Crippen MR) is 70.9 cm³/mol. The molecule has 18 heavy (non-hydrogen) atoms. The molecule has 1 aliphatic carbocycles. The monoisotopic (exact) mass is 255 g/mol. The van der Waals surface area contributed by atoms with E-state index in [1.165, 1.54) is 12.8 Å². The molecule has 1 saturated carbocycles. The highest BCUT2D eigenvalue weighted by molar-refractivity contribution is 5.84. The topological polar surface area (TPSA) is 84.2 Å². The first-order valence-electron chi connectivity index (χ1n) is 6.90. The number of nitrogens with one attached hydrogen (secondary N) is 2. The van der Waals surface area contributed by atoms with Crippen molar-refractivity contribution in [1.29, 1.82) is 0 Å². The molecule has 0 bridgehead atoms. The molecule has 5 heteroatoms. The van der Waals surface area contributed by atoms with Crippen LogP contribution in [0.25, 0.3) is 0 Å². The van der Waals surface area contributed by atoms with Crippen LogP contribution in [0, 0.1) is 5.92 Å². The fourth-order valence-corrected chi connectivity index (χ4v) is 2.46. The molecule has 0 saturated heterocycles. The van der Waals surface area contributed by atoms with E-state index in [0.29, 0.717) is 24.9 Å². The molecule has 0 spiro atoms. The van der Waals surface area contributed by atoms with Crippen LogP contribution in [-0.2, 0) is 9.59 Å². The summed E-state index contributed by atoms with van der Waals surface area (Å²) in [6, 6.07) is 0.308. The predicted octanol–water partition coefficient (Wildman–Crippen LogP) is 0.536. The summed E-state index contributed by atoms with van der Waals surface area (Å²) in [7, 11) is 0. The molecule has 2 unspecified atom stereocenters. The zero-order valence-electron chi connectivity index (χ0n) is 11.2. The van der Waals surface area contributed by atoms with Crippen molar-refractivity contribution in [3.05, 3.63) is 0 Å². The second kappa shape index (κ2) is 8.08. The molecule has 2 atom stereocenters. The van der Waals surface area contributed by atoms with Crippen LogP contribution in [-0.4, -0.2) is 30.9 Å². The van der Waals surface area contributed by atoms with E-state index >= 15 is 0 Å². The van der Waals surface area contributed by atoms with Crippen molar-refractivity contribution in [2.75, 3.05) is 13.1 Å². The Morgan fingerprint density at radius 3 is 2.67 bits per heavy atom. The highest BCUT2D eigenvalue weighted by Crippen LogP contribution is 2.26. The number of rotatable bonds is 6. The third kappa shape index (κ3) is 6.00. The van der Waals surface area contributed by atoms with Crippen LogP contribution >= 0.6 is 0 Å². The van der Waals surface area contributed by atoms with E-state index in [-0.39, 0.29) is 18.4 Å². The number of carbonyl (C=O) groups excluding carboxylic acids is 2. The van der Waals surface area contributed by atoms with Gasteiger partial charge in [-0.1, -0.05) is 12.8 Å². The SMILES string of the molecule is CCNC(=O)CNC(=O)CCC1CCCC(N)C1. The largest absolute Gasteiger partial charge is 0.355 e. The Morgan fingerprint density at radius 2 is 2.00 bits per heavy atom. The minimum absolute atomic E-state index is 0.0413. The van der Waals surface area contributed by atoms with Gasteiger partial charge >= 0.3 is 0 Å². The van der Waals surface area contributed by atoms with Gasteiger partial charge in [0.2, 0.25) is 11.8 Å². The Bertz CT molecular complexity index is 281. The molecule has 104 valence electrons. The molecule has 5 nitrogen and oxygen atoms in total. The summed E-state index contributed by atoms with van der Waals surface area (Å²) in [5, 5.41) is 5.28. The fourth-order valence-electron chi connectivity index (χ4n) is 2.46. The van der Waals surface area contributed by atoms with Crippen molar-refractivity contribution in [1.82, 2.24) is 10.6 Å². The molecule has 0 heterocycles. The molecule has 0 aromatic carbocycles. The normalized spacial score (nSPS) is 23.4. The van der Waals surface area contributed by atoms with Gasteiger partial charge in [-0.2, -0.15) is 0 Å². The lowest BCUT2D eigenvalue weighted by Crippen LogP contribution is -2.37. The van der Waals surface area contributed by atoms with E-state index in [2.05, 4.69) is 10.6 Å². The van der Waals surface area contributed by atoms with Crippen LogP contribution in [0.4, 0.5) is 0 Å². The van der Waals surface area contributed by atoms with E-state index in [1.807, 2.05) is 6.92 Å². The second-order valence-electron chi connectivity index (χ2n) is 5.06. The summed E-state index contributed by atoms with van der Waals surface area (Å²) >= 11 is 0. The molecular weight excluding hydrogens is 230 g/mol. The van der Waals surface area contributed by atoms with Gasteiger partial charge in [-0.25, -0.2) is 0 Å². The van der Waals surface area contributed by atoms with Gasteiger partial charge in [0.25, 0.3) is 0 Å². The minimum Gasteiger partial charge on any atom is -0.355 e. The summed E-state index contributed by atoms with van der Waals surface area (Å²) in [4.78, 5) is 22.7. The maximum Gasteiger partial charge on any atom is 0.239 e. The quantitative estimate of drug-likeness (QED) is 0.647. The first kappa shape index (κ1) is 15.0. The van der Waals surface area contributed by atoms with Gasteiger partial charge in [-0.15, -0.1) is 0 Å². The Labute approximate surface area is 109 Å². The Balaban J connectivity index is 2.11. The summed E-state index contributed by atoms with van der Waals surface area (Å²) < 4.78 is 0. The van der Waals surface area contributed by atoms with Gasteiger partial charge in [0.15, 0.2) is 0 Å². The lowest BCUT2D eigenvalue weighted by molar-refractivity contribution is -0.126. The lowest BCUT2D eigenvalue weighted by Gasteiger charge is -2.26. The van der Waals surface area contributed by atoms with Gasteiger partial charge < -0.3 is 16.4 Å². The van der Waals surface area contributed by atoms with Crippen molar-refractivity contribution in [3.63, 3.8) is 0 Å². The highest BCUT2D eigenvalue weighted by atomic mass is 16.2. The maximum atomic E-state index is 11.6. The zero-order valence-corrected chi connectivity index (χ0v) is 11.2. The van der Waals surface area contributed by atoms with Crippen molar-refractivity contribution >= 4 is 11.8 Å². The number of carbonyl (C=O) groups is 2. The van der Waals surface area contributed by atoms with E-state index in [1.54, 1.807) is 0 Å². The lowest BCUT2D eigenvalue weighted by atomic mass is 9.83. The van der Waals surface area contributed by atoms with Crippen LogP contribution in [0.1, 0.15) is 45.4 Å². The molecular formula is C13H25N3O2. The molecule has 0 aromatic rings. The van der Waals surface area contributed by atoms with Gasteiger partial charge in [-0.3, -0.25) is 9.59 Å². The number of nitrogens with two attached hydrogens (primary N) is 1. The standard InChI is InChI=1S/C13H25N3O2/c1-2-15-13(18)9-16-12(17)7-6-10-4-3-5-11(14)8-10/h10-11H,2-9,14H2,1H3,(H,15,18)(H,16,17). The third-order valence-corrected chi connectivity index (χ3v) is 3.42. The third-order valence-electron chi connectivity index (χ3n) is 3.42. The number of hydrogen-bond acceptors (Lipinski definition) is 3. The summed E-state index contributed by atoms with van der Waals surface area (Å²) in [5.41, 5.74) is 5.91. The second-order valence-corrected chi connectivity index (χ2v) is 5.06. The van der Waals surface area contributed by atoms with Crippen LogP contribution in [0.15, 0.2) is 0 Å². The molecule has 0 aliphatic heterocycles. The van der Waals surface area contributed by atoms with Crippen molar-refractivity contribution in [2.45, 2.75) is 51.5 Å². The van der Waals surface area contributed by atoms with Crippen molar-refractivity contribution in [2.24, 2.45) is 11.7 Å². The van der Waals surface area contributed by atoms with Crippen LogP contribution in [0.5, 0.6) is 0 Å². The highest BCUT2D eigenvalue weighted by Gasteiger charge is 2.19. The van der Waals surface area contributed by atoms with Gasteiger partial charge in [0.1, 0.15) is 0 Å². The minimum atomic E-state index is -0.134. The van der Waals surface area contributed by atoms with Gasteiger partial charge in [0.05, 0.1) is 6.54 Å². The zero-order chi connectivity index (χ0) is 13.4. The maximum absolute atomic E-state index is 11.6.